The van der Waals surface area contributed by atoms with E-state index < -0.39 is 11.2 Å². The highest BCUT2D eigenvalue weighted by molar-refractivity contribution is 5.69. The van der Waals surface area contributed by atoms with Gasteiger partial charge in [-0.3, -0.25) is 4.79 Å². The van der Waals surface area contributed by atoms with Crippen molar-refractivity contribution in [1.29, 1.82) is 0 Å². The van der Waals surface area contributed by atoms with Crippen LogP contribution in [0.5, 0.6) is 5.75 Å². The van der Waals surface area contributed by atoms with Gasteiger partial charge in [0.15, 0.2) is 0 Å². The third-order valence-corrected chi connectivity index (χ3v) is 7.16. The number of para-hydroxylation sites is 1. The zero-order chi connectivity index (χ0) is 32.0. The van der Waals surface area contributed by atoms with Crippen molar-refractivity contribution in [3.8, 4) is 17.6 Å². The summed E-state index contributed by atoms with van der Waals surface area (Å²) in [5.41, 5.74) is 2.44. The lowest BCUT2D eigenvalue weighted by atomic mass is 9.86. The van der Waals surface area contributed by atoms with E-state index in [2.05, 4.69) is 41.0 Å². The molecule has 1 saturated carbocycles. The molecule has 1 aliphatic heterocycles. The minimum absolute atomic E-state index is 0.0704. The Hall–Kier alpha value is -3.42. The number of allylic oxidation sites excluding steroid dienone is 1. The van der Waals surface area contributed by atoms with Gasteiger partial charge < -0.3 is 28.9 Å². The van der Waals surface area contributed by atoms with Gasteiger partial charge in [0.05, 0.1) is 12.7 Å². The highest BCUT2D eigenvalue weighted by atomic mass is 16.9. The minimum atomic E-state index is -0.927. The molecule has 43 heavy (non-hydrogen) atoms. The lowest BCUT2D eigenvalue weighted by molar-refractivity contribution is -0.757. The van der Waals surface area contributed by atoms with Gasteiger partial charge in [-0.15, -0.1) is 22.0 Å². The van der Waals surface area contributed by atoms with Crippen LogP contribution in [0.15, 0.2) is 30.4 Å². The summed E-state index contributed by atoms with van der Waals surface area (Å²) < 4.78 is 16.6. The second-order valence-electron chi connectivity index (χ2n) is 10.2. The number of nitrogens with zero attached hydrogens (tertiary/aromatic N) is 1. The number of aryl methyl sites for hydroxylation is 1. The maximum atomic E-state index is 11.9. The Morgan fingerprint density at radius 1 is 1.23 bits per heavy atom. The van der Waals surface area contributed by atoms with Crippen molar-refractivity contribution in [2.75, 3.05) is 26.9 Å². The quantitative estimate of drug-likeness (QED) is 0.0486. The van der Waals surface area contributed by atoms with Gasteiger partial charge in [-0.2, -0.15) is 0 Å². The second-order valence-corrected chi connectivity index (χ2v) is 10.2. The highest BCUT2D eigenvalue weighted by Gasteiger charge is 2.44. The summed E-state index contributed by atoms with van der Waals surface area (Å²) in [6.07, 6.45) is 9.96. The lowest BCUT2D eigenvalue weighted by Gasteiger charge is -2.17. The molecule has 1 aromatic carbocycles. The van der Waals surface area contributed by atoms with Crippen molar-refractivity contribution < 1.29 is 38.8 Å². The fourth-order valence-corrected chi connectivity index (χ4v) is 5.02. The van der Waals surface area contributed by atoms with Crippen molar-refractivity contribution in [2.24, 2.45) is 11.8 Å². The monoisotopic (exact) mass is 603 g/mol. The molecule has 1 aromatic rings. The molecule has 0 amide bonds. The zero-order valence-corrected chi connectivity index (χ0v) is 26.3. The van der Waals surface area contributed by atoms with Crippen molar-refractivity contribution in [1.82, 2.24) is 0 Å². The maximum absolute atomic E-state index is 11.9. The van der Waals surface area contributed by atoms with Crippen LogP contribution in [0.3, 0.4) is 0 Å². The van der Waals surface area contributed by atoms with Gasteiger partial charge in [0.1, 0.15) is 24.7 Å². The summed E-state index contributed by atoms with van der Waals surface area (Å²) in [7, 11) is 1.64. The SMILES string of the molecule is CC.CC#CCC(C)C(O)/C=C/C1CCC2Oc3c(CCCC(=O)OCCCOC)cccc3C12.O=CCCO[N+](=O)[O-]. The first kappa shape index (κ1) is 37.6. The van der Waals surface area contributed by atoms with Crippen LogP contribution in [0.2, 0.25) is 0 Å². The number of hydrogen-bond donors (Lipinski definition) is 1. The zero-order valence-electron chi connectivity index (χ0n) is 26.3. The van der Waals surface area contributed by atoms with Crippen molar-refractivity contribution in [2.45, 2.75) is 97.2 Å². The molecule has 3 rings (SSSR count). The average molecular weight is 604 g/mol. The Morgan fingerprint density at radius 2 is 2.00 bits per heavy atom. The highest BCUT2D eigenvalue weighted by Crippen LogP contribution is 2.52. The molecule has 0 bridgehead atoms. The topological polar surface area (TPSA) is 134 Å². The molecule has 5 atom stereocenters. The number of carbonyl (C=O) groups is 2. The number of fused-ring (bicyclic) bond motifs is 3. The Labute approximate surface area is 256 Å². The molecular weight excluding hydrogens is 554 g/mol. The fraction of sp³-hybridized carbons (Fsp3) is 0.636. The first-order chi connectivity index (χ1) is 20.8. The van der Waals surface area contributed by atoms with Crippen LogP contribution >= 0.6 is 0 Å². The molecule has 2 aliphatic rings. The molecule has 0 saturated heterocycles. The molecule has 0 aromatic heterocycles. The van der Waals surface area contributed by atoms with Crippen LogP contribution in [-0.4, -0.2) is 61.6 Å². The molecule has 0 radical (unpaired) electrons. The molecule has 1 heterocycles. The first-order valence-corrected chi connectivity index (χ1v) is 15.2. The molecule has 0 spiro atoms. The fourth-order valence-electron chi connectivity index (χ4n) is 5.02. The summed E-state index contributed by atoms with van der Waals surface area (Å²) in [5.74, 6) is 7.63. The van der Waals surface area contributed by atoms with Gasteiger partial charge in [0.2, 0.25) is 0 Å². The Bertz CT molecular complexity index is 1060. The van der Waals surface area contributed by atoms with E-state index in [1.807, 2.05) is 33.8 Å². The smallest absolute Gasteiger partial charge is 0.305 e. The predicted molar refractivity (Wildman–Crippen MR) is 164 cm³/mol. The number of aliphatic hydroxyl groups excluding tert-OH is 1. The van der Waals surface area contributed by atoms with Crippen LogP contribution in [0.4, 0.5) is 0 Å². The van der Waals surface area contributed by atoms with Gasteiger partial charge in [0, 0.05) is 50.9 Å². The van der Waals surface area contributed by atoms with E-state index in [9.17, 15) is 24.8 Å². The lowest BCUT2D eigenvalue weighted by Crippen LogP contribution is -2.17. The molecule has 1 aliphatic carbocycles. The van der Waals surface area contributed by atoms with Crippen LogP contribution in [0.25, 0.3) is 0 Å². The summed E-state index contributed by atoms with van der Waals surface area (Å²) in [5, 5.41) is 18.9. The summed E-state index contributed by atoms with van der Waals surface area (Å²) in [6, 6.07) is 6.38. The normalized spacial score (nSPS) is 19.1. The summed E-state index contributed by atoms with van der Waals surface area (Å²) in [6.45, 7) is 8.73. The number of carbonyl (C=O) groups excluding carboxylic acids is 2. The van der Waals surface area contributed by atoms with Gasteiger partial charge in [-0.05, 0) is 50.0 Å². The Balaban J connectivity index is 0.000000801. The minimum Gasteiger partial charge on any atom is -0.489 e. The van der Waals surface area contributed by atoms with Crippen molar-refractivity contribution in [3.05, 3.63) is 51.6 Å². The first-order valence-electron chi connectivity index (χ1n) is 15.2. The number of esters is 1. The number of hydrogen-bond acceptors (Lipinski definition) is 9. The molecule has 240 valence electrons. The van der Waals surface area contributed by atoms with Crippen LogP contribution in [-0.2, 0) is 30.3 Å². The third kappa shape index (κ3) is 13.6. The molecule has 1 fully saturated rings. The van der Waals surface area contributed by atoms with Crippen molar-refractivity contribution >= 4 is 12.3 Å². The van der Waals surface area contributed by atoms with Crippen LogP contribution < -0.4 is 4.74 Å². The number of methoxy groups -OCH3 is 1. The second kappa shape index (κ2) is 22.2. The Kier molecular flexibility index (Phi) is 19.4. The average Bonchev–Trinajstić information content (AvgIpc) is 3.58. The number of aliphatic hydroxyl groups is 1. The van der Waals surface area contributed by atoms with Crippen molar-refractivity contribution in [3.63, 3.8) is 0 Å². The molecule has 10 heteroatoms. The maximum Gasteiger partial charge on any atom is 0.305 e. The molecule has 5 unspecified atom stereocenters. The van der Waals surface area contributed by atoms with E-state index in [1.54, 1.807) is 7.11 Å². The summed E-state index contributed by atoms with van der Waals surface area (Å²) >= 11 is 0. The number of ether oxygens (including phenoxy) is 3. The van der Waals surface area contributed by atoms with Gasteiger partial charge in [-0.25, -0.2) is 0 Å². The van der Waals surface area contributed by atoms with Gasteiger partial charge >= 0.3 is 5.97 Å². The van der Waals surface area contributed by atoms with E-state index in [1.165, 1.54) is 11.1 Å². The molecular formula is C33H49NO9. The number of benzene rings is 1. The molecule has 10 nitrogen and oxygen atoms in total. The number of rotatable bonds is 16. The van der Waals surface area contributed by atoms with Gasteiger partial charge in [0.25, 0.3) is 5.09 Å². The van der Waals surface area contributed by atoms with E-state index in [4.69, 9.17) is 14.2 Å². The molecule has 1 N–H and O–H groups in total. The standard InChI is InChI=1S/C28H38O5.C3H5NO4.C2H6/c1-4-5-9-20(2)24(29)16-14-21-15-17-25-27(21)23-12-6-10-22(28(23)33-25)11-7-13-26(30)32-19-8-18-31-3;5-2-1-3-8-4(6)7;1-2/h6,10,12,14,16,20-21,24-25,27,29H,7-9,11,13,15,17-19H2,1-3H3;2H,1,3H2;1-2H3/b16-14+;;. The summed E-state index contributed by atoms with van der Waals surface area (Å²) in [4.78, 5) is 34.5. The van der Waals surface area contributed by atoms with Crippen LogP contribution in [0, 0.1) is 33.8 Å². The van der Waals surface area contributed by atoms with E-state index in [0.29, 0.717) is 44.2 Å². The van der Waals surface area contributed by atoms with E-state index in [-0.39, 0.29) is 31.0 Å². The van der Waals surface area contributed by atoms with E-state index in [0.717, 1.165) is 37.9 Å². The largest absolute Gasteiger partial charge is 0.489 e. The van der Waals surface area contributed by atoms with Crippen LogP contribution in [0.1, 0.15) is 89.7 Å². The van der Waals surface area contributed by atoms with Gasteiger partial charge in [-0.1, -0.05) is 51.1 Å². The predicted octanol–water partition coefficient (Wildman–Crippen LogP) is 5.62. The van der Waals surface area contributed by atoms with E-state index >= 15 is 0 Å². The number of aldehydes is 1. The Morgan fingerprint density at radius 3 is 2.67 bits per heavy atom. The third-order valence-electron chi connectivity index (χ3n) is 7.16.